The van der Waals surface area contributed by atoms with Gasteiger partial charge in [-0.2, -0.15) is 5.10 Å². The molecular weight excluding hydrogens is 528 g/mol. The van der Waals surface area contributed by atoms with Crippen molar-refractivity contribution in [2.45, 2.75) is 13.5 Å². The van der Waals surface area contributed by atoms with Crippen molar-refractivity contribution >= 4 is 45.6 Å². The first-order valence-corrected chi connectivity index (χ1v) is 11.7. The van der Waals surface area contributed by atoms with E-state index < -0.39 is 11.8 Å². The minimum Gasteiger partial charge on any atom is -0.497 e. The lowest BCUT2D eigenvalue weighted by atomic mass is 10.2. The van der Waals surface area contributed by atoms with Gasteiger partial charge in [0.2, 0.25) is 0 Å². The topological polar surface area (TPSA) is 118 Å². The van der Waals surface area contributed by atoms with Crippen molar-refractivity contribution in [3.63, 3.8) is 0 Å². The van der Waals surface area contributed by atoms with E-state index in [1.54, 1.807) is 61.7 Å². The number of aryl methyl sites for hydroxylation is 1. The second-order valence-electron chi connectivity index (χ2n) is 7.61. The van der Waals surface area contributed by atoms with Crippen LogP contribution in [0.15, 0.2) is 76.3 Å². The quantitative estimate of drug-likeness (QED) is 0.213. The number of carbonyl (C=O) groups excluding carboxylic acids is 3. The lowest BCUT2D eigenvalue weighted by Crippen LogP contribution is -2.37. The molecule has 9 nitrogen and oxygen atoms in total. The first-order chi connectivity index (χ1) is 17.3. The Balaban J connectivity index is 1.51. The molecule has 0 unspecified atom stereocenters. The first-order valence-electron chi connectivity index (χ1n) is 10.9. The van der Waals surface area contributed by atoms with Crippen LogP contribution >= 0.6 is 15.9 Å². The molecule has 0 spiro atoms. The van der Waals surface area contributed by atoms with Crippen LogP contribution in [-0.2, 0) is 20.9 Å². The van der Waals surface area contributed by atoms with Gasteiger partial charge < -0.3 is 20.1 Å². The average molecular weight is 553 g/mol. The van der Waals surface area contributed by atoms with Crippen molar-refractivity contribution in [2.24, 2.45) is 5.10 Å². The van der Waals surface area contributed by atoms with Gasteiger partial charge in [-0.1, -0.05) is 45.8 Å². The van der Waals surface area contributed by atoms with Gasteiger partial charge in [-0.3, -0.25) is 14.4 Å². The van der Waals surface area contributed by atoms with Crippen LogP contribution in [0, 0.1) is 6.92 Å². The summed E-state index contributed by atoms with van der Waals surface area (Å²) in [7, 11) is 1.56. The van der Waals surface area contributed by atoms with Gasteiger partial charge in [-0.05, 0) is 55.0 Å². The molecule has 0 aliphatic rings. The normalized spacial score (nSPS) is 10.5. The Kier molecular flexibility index (Phi) is 9.58. The number of hydrogen-bond acceptors (Lipinski definition) is 6. The van der Waals surface area contributed by atoms with E-state index in [1.165, 1.54) is 6.21 Å². The number of anilines is 1. The predicted molar refractivity (Wildman–Crippen MR) is 140 cm³/mol. The van der Waals surface area contributed by atoms with Crippen LogP contribution in [0.25, 0.3) is 0 Å². The van der Waals surface area contributed by atoms with Crippen LogP contribution in [0.1, 0.15) is 16.7 Å². The van der Waals surface area contributed by atoms with E-state index in [4.69, 9.17) is 9.47 Å². The number of nitrogens with zero attached hydrogens (tertiary/aromatic N) is 1. The summed E-state index contributed by atoms with van der Waals surface area (Å²) in [4.78, 5) is 36.4. The molecule has 3 aromatic rings. The van der Waals surface area contributed by atoms with Crippen LogP contribution in [-0.4, -0.2) is 37.7 Å². The maximum Gasteiger partial charge on any atom is 0.329 e. The Morgan fingerprint density at radius 2 is 1.69 bits per heavy atom. The number of benzene rings is 3. The Bertz CT molecular complexity index is 1240. The fourth-order valence-corrected chi connectivity index (χ4v) is 3.32. The minimum atomic E-state index is -0.922. The van der Waals surface area contributed by atoms with Crippen molar-refractivity contribution in [1.82, 2.24) is 10.7 Å². The number of carbonyl (C=O) groups is 3. The van der Waals surface area contributed by atoms with Crippen molar-refractivity contribution in [3.8, 4) is 11.5 Å². The molecule has 0 aliphatic heterocycles. The predicted octanol–water partition coefficient (Wildman–Crippen LogP) is 3.55. The number of ether oxygens (including phenoxy) is 2. The van der Waals surface area contributed by atoms with Crippen LogP contribution in [0.3, 0.4) is 0 Å². The van der Waals surface area contributed by atoms with Gasteiger partial charge in [0.15, 0.2) is 6.61 Å². The highest BCUT2D eigenvalue weighted by molar-refractivity contribution is 9.10. The van der Waals surface area contributed by atoms with E-state index >= 15 is 0 Å². The Morgan fingerprint density at radius 3 is 2.39 bits per heavy atom. The van der Waals surface area contributed by atoms with E-state index in [0.29, 0.717) is 22.7 Å². The second-order valence-corrected chi connectivity index (χ2v) is 8.53. The lowest BCUT2D eigenvalue weighted by Gasteiger charge is -2.10. The van der Waals surface area contributed by atoms with Crippen molar-refractivity contribution in [1.29, 1.82) is 0 Å². The highest BCUT2D eigenvalue weighted by Gasteiger charge is 2.12. The van der Waals surface area contributed by atoms with E-state index in [0.717, 1.165) is 15.6 Å². The summed E-state index contributed by atoms with van der Waals surface area (Å²) >= 11 is 3.37. The molecule has 3 rings (SSSR count). The zero-order chi connectivity index (χ0) is 25.9. The fraction of sp³-hybridized carbons (Fsp3) is 0.154. The Labute approximate surface area is 217 Å². The van der Waals surface area contributed by atoms with Crippen LogP contribution in [0.2, 0.25) is 0 Å². The molecule has 0 saturated carbocycles. The molecule has 0 aliphatic carbocycles. The van der Waals surface area contributed by atoms with Gasteiger partial charge in [0.05, 0.1) is 13.3 Å². The van der Waals surface area contributed by atoms with Crippen LogP contribution in [0.5, 0.6) is 11.5 Å². The molecule has 3 N–H and O–H groups in total. The smallest absolute Gasteiger partial charge is 0.329 e. The molecule has 3 amide bonds. The third kappa shape index (κ3) is 8.24. The summed E-state index contributed by atoms with van der Waals surface area (Å²) in [5.41, 5.74) is 5.24. The number of nitrogens with one attached hydrogen (secondary N) is 3. The maximum absolute atomic E-state index is 12.2. The molecular formula is C26H25BrN4O5. The molecule has 0 atom stereocenters. The molecule has 0 saturated heterocycles. The molecule has 0 aromatic heterocycles. The molecule has 0 radical (unpaired) electrons. The number of methoxy groups -OCH3 is 1. The number of hydrogen-bond donors (Lipinski definition) is 3. The molecule has 10 heteroatoms. The summed E-state index contributed by atoms with van der Waals surface area (Å²) in [6.07, 6.45) is 1.33. The molecule has 0 fully saturated rings. The SMILES string of the molecule is COc1ccc(CNC(=O)C(=O)N/N=C\c2cc(Br)ccc2OCC(=O)Nc2ccc(C)cc2)cc1. The number of halogens is 1. The van der Waals surface area contributed by atoms with Crippen molar-refractivity contribution in [2.75, 3.05) is 19.0 Å². The van der Waals surface area contributed by atoms with E-state index in [-0.39, 0.29) is 19.1 Å². The van der Waals surface area contributed by atoms with Crippen LogP contribution in [0.4, 0.5) is 5.69 Å². The molecule has 0 heterocycles. The van der Waals surface area contributed by atoms with Gasteiger partial charge in [0, 0.05) is 22.3 Å². The number of amides is 3. The van der Waals surface area contributed by atoms with E-state index in [1.807, 2.05) is 19.1 Å². The second kappa shape index (κ2) is 13.1. The van der Waals surface area contributed by atoms with Gasteiger partial charge in [0.25, 0.3) is 5.91 Å². The zero-order valence-electron chi connectivity index (χ0n) is 19.7. The average Bonchev–Trinajstić information content (AvgIpc) is 2.88. The summed E-state index contributed by atoms with van der Waals surface area (Å²) in [5.74, 6) is -1.01. The highest BCUT2D eigenvalue weighted by atomic mass is 79.9. The molecule has 3 aromatic carbocycles. The largest absolute Gasteiger partial charge is 0.497 e. The zero-order valence-corrected chi connectivity index (χ0v) is 21.3. The highest BCUT2D eigenvalue weighted by Crippen LogP contribution is 2.22. The minimum absolute atomic E-state index is 0.175. The van der Waals surface area contributed by atoms with Gasteiger partial charge in [0.1, 0.15) is 11.5 Å². The number of rotatable bonds is 9. The fourth-order valence-electron chi connectivity index (χ4n) is 2.95. The molecule has 36 heavy (non-hydrogen) atoms. The van der Waals surface area contributed by atoms with Gasteiger partial charge in [-0.25, -0.2) is 5.43 Å². The van der Waals surface area contributed by atoms with Crippen LogP contribution < -0.4 is 25.5 Å². The van der Waals surface area contributed by atoms with Gasteiger partial charge >= 0.3 is 11.8 Å². The summed E-state index contributed by atoms with van der Waals surface area (Å²) < 4.78 is 11.5. The third-order valence-electron chi connectivity index (χ3n) is 4.85. The summed E-state index contributed by atoms with van der Waals surface area (Å²) in [6, 6.07) is 19.6. The molecule has 0 bridgehead atoms. The lowest BCUT2D eigenvalue weighted by molar-refractivity contribution is -0.139. The Morgan fingerprint density at radius 1 is 0.972 bits per heavy atom. The summed E-state index contributed by atoms with van der Waals surface area (Å²) in [5, 5.41) is 9.12. The number of hydrazone groups is 1. The maximum atomic E-state index is 12.2. The standard InChI is InChI=1S/C26H25BrN4O5/c1-17-3-8-21(9-4-17)30-24(32)16-36-23-12-7-20(27)13-19(23)15-29-31-26(34)25(33)28-14-18-5-10-22(35-2)11-6-18/h3-13,15H,14,16H2,1-2H3,(H,28,33)(H,30,32)(H,31,34)/b29-15-. The van der Waals surface area contributed by atoms with Crippen molar-refractivity contribution < 1.29 is 23.9 Å². The monoisotopic (exact) mass is 552 g/mol. The first kappa shape index (κ1) is 26.4. The Hall–Kier alpha value is -4.18. The third-order valence-corrected chi connectivity index (χ3v) is 5.35. The summed E-state index contributed by atoms with van der Waals surface area (Å²) in [6.45, 7) is 1.91. The molecule has 186 valence electrons. The van der Waals surface area contributed by atoms with Gasteiger partial charge in [-0.15, -0.1) is 0 Å². The van der Waals surface area contributed by atoms with E-state index in [9.17, 15) is 14.4 Å². The van der Waals surface area contributed by atoms with E-state index in [2.05, 4.69) is 37.1 Å². The van der Waals surface area contributed by atoms with Crippen molar-refractivity contribution in [3.05, 3.63) is 87.9 Å².